The molecule has 1 aliphatic rings. The lowest BCUT2D eigenvalue weighted by atomic mass is 9.96. The Morgan fingerprint density at radius 2 is 1.44 bits per heavy atom. The molecule has 1 atom stereocenters. The highest BCUT2D eigenvalue weighted by molar-refractivity contribution is 7.99. The van der Waals surface area contributed by atoms with Gasteiger partial charge in [0.2, 0.25) is 0 Å². The van der Waals surface area contributed by atoms with Gasteiger partial charge in [-0.1, -0.05) is 42.5 Å². The lowest BCUT2D eigenvalue weighted by molar-refractivity contribution is -0.384. The molecule has 1 aliphatic heterocycles. The van der Waals surface area contributed by atoms with E-state index in [-0.39, 0.29) is 35.0 Å². The van der Waals surface area contributed by atoms with Gasteiger partial charge in [-0.25, -0.2) is 21.9 Å². The number of hydrogen-bond donors (Lipinski definition) is 2. The van der Waals surface area contributed by atoms with Gasteiger partial charge in [0.15, 0.2) is 0 Å². The Kier molecular flexibility index (Phi) is 13.6. The van der Waals surface area contributed by atoms with Crippen molar-refractivity contribution in [1.82, 2.24) is 14.5 Å². The minimum atomic E-state index is -4.47. The number of benzene rings is 5. The van der Waals surface area contributed by atoms with E-state index in [2.05, 4.69) is 19.8 Å². The third kappa shape index (κ3) is 10.9. The number of nitrogens with one attached hydrogen (secondary N) is 2. The number of nitro benzene ring substituents is 1. The average molecular weight is 815 g/mol. The van der Waals surface area contributed by atoms with E-state index >= 15 is 0 Å². The molecule has 0 unspecified atom stereocenters. The molecule has 1 amide bonds. The van der Waals surface area contributed by atoms with E-state index in [1.807, 2.05) is 49.3 Å². The number of nitro groups is 1. The molecule has 0 radical (unpaired) electrons. The summed E-state index contributed by atoms with van der Waals surface area (Å²) >= 11 is 1.62. The molecule has 11 nitrogen and oxygen atoms in total. The molecule has 5 aromatic carbocycles. The number of amides is 1. The Labute approximate surface area is 335 Å². The van der Waals surface area contributed by atoms with Crippen LogP contribution in [0.15, 0.2) is 131 Å². The first-order valence-corrected chi connectivity index (χ1v) is 20.9. The van der Waals surface area contributed by atoms with Gasteiger partial charge >= 0.3 is 0 Å². The van der Waals surface area contributed by atoms with Gasteiger partial charge in [0, 0.05) is 60.2 Å². The van der Waals surface area contributed by atoms with Crippen molar-refractivity contribution >= 4 is 44.8 Å². The van der Waals surface area contributed by atoms with E-state index in [1.165, 1.54) is 48.5 Å². The predicted molar refractivity (Wildman–Crippen MR) is 220 cm³/mol. The van der Waals surface area contributed by atoms with Gasteiger partial charge < -0.3 is 15.1 Å². The van der Waals surface area contributed by atoms with E-state index in [0.717, 1.165) is 34.3 Å². The fourth-order valence-corrected chi connectivity index (χ4v) is 8.69. The van der Waals surface area contributed by atoms with Crippen LogP contribution in [-0.2, 0) is 10.0 Å². The minimum Gasteiger partial charge on any atom is -0.376 e. The van der Waals surface area contributed by atoms with E-state index in [0.29, 0.717) is 38.4 Å². The van der Waals surface area contributed by atoms with Gasteiger partial charge in [0.05, 0.1) is 15.9 Å². The third-order valence-electron chi connectivity index (χ3n) is 9.73. The van der Waals surface area contributed by atoms with Gasteiger partial charge in [-0.3, -0.25) is 19.8 Å². The summed E-state index contributed by atoms with van der Waals surface area (Å²) in [5, 5.41) is 15.4. The topological polar surface area (TPSA) is 128 Å². The Balaban J connectivity index is 1.09. The van der Waals surface area contributed by atoms with Crippen LogP contribution in [0.4, 0.5) is 25.8 Å². The monoisotopic (exact) mass is 814 g/mol. The van der Waals surface area contributed by atoms with E-state index in [1.54, 1.807) is 48.2 Å². The van der Waals surface area contributed by atoms with Gasteiger partial charge in [-0.2, -0.15) is 0 Å². The molecule has 0 aromatic heterocycles. The highest BCUT2D eigenvalue weighted by atomic mass is 32.2. The van der Waals surface area contributed by atoms with Gasteiger partial charge in [0.1, 0.15) is 17.3 Å². The normalized spacial score (nSPS) is 14.1. The second-order valence-corrected chi connectivity index (χ2v) is 16.8. The molecule has 1 saturated heterocycles. The number of carbonyl (C=O) groups is 1. The Bertz CT molecular complexity index is 2190. The number of thioether (sulfide) groups is 1. The minimum absolute atomic E-state index is 0.0982. The van der Waals surface area contributed by atoms with Crippen molar-refractivity contribution in [3.63, 3.8) is 0 Å². The molecule has 15 heteroatoms. The standard InChI is InChI=1S/C42H44F2N6O5S2/c1-47(2)23-22-35(29-56-37-6-4-3-5-7-37)45-39-21-20-38(28-40(39)50(52)53)57(54,55)46-42(51)32-12-18-36(19-13-32)48-24-26-49(27-25-48)41(30-8-14-33(43)15-9-30)31-10-16-34(44)17-11-31/h3-21,28,35,41,45H,22-27,29H2,1-2H3,(H,46,51)/t35-/m1/s1. The van der Waals surface area contributed by atoms with Crippen LogP contribution < -0.4 is 14.9 Å². The van der Waals surface area contributed by atoms with Crippen molar-refractivity contribution in [2.24, 2.45) is 0 Å². The maximum absolute atomic E-state index is 13.8. The summed E-state index contributed by atoms with van der Waals surface area (Å²) in [4.78, 5) is 31.8. The molecular weight excluding hydrogens is 771 g/mol. The van der Waals surface area contributed by atoms with Crippen molar-refractivity contribution in [3.8, 4) is 0 Å². The molecule has 1 heterocycles. The van der Waals surface area contributed by atoms with Gasteiger partial charge in [-0.05, 0) is 111 Å². The van der Waals surface area contributed by atoms with E-state index < -0.39 is 31.4 Å². The maximum Gasteiger partial charge on any atom is 0.293 e. The zero-order valence-electron chi connectivity index (χ0n) is 31.6. The molecule has 0 bridgehead atoms. The molecule has 2 N–H and O–H groups in total. The highest BCUT2D eigenvalue weighted by Crippen LogP contribution is 2.32. The second kappa shape index (κ2) is 18.7. The van der Waals surface area contributed by atoms with E-state index in [4.69, 9.17) is 0 Å². The fraction of sp³-hybridized carbons (Fsp3) is 0.262. The number of rotatable bonds is 16. The van der Waals surface area contributed by atoms with Crippen LogP contribution in [0.2, 0.25) is 0 Å². The molecule has 5 aromatic rings. The first-order valence-electron chi connectivity index (χ1n) is 18.4. The fourth-order valence-electron chi connectivity index (χ4n) is 6.70. The second-order valence-electron chi connectivity index (χ2n) is 14.0. The first kappa shape index (κ1) is 41.3. The van der Waals surface area contributed by atoms with E-state index in [9.17, 15) is 32.1 Å². The number of carbonyl (C=O) groups excluding carboxylic acids is 1. The summed E-state index contributed by atoms with van der Waals surface area (Å²) in [5.41, 5.74) is 2.47. The zero-order chi connectivity index (χ0) is 40.5. The summed E-state index contributed by atoms with van der Waals surface area (Å²) in [5.74, 6) is -0.928. The molecule has 0 aliphatic carbocycles. The summed E-state index contributed by atoms with van der Waals surface area (Å²) in [7, 11) is -0.582. The molecule has 0 spiro atoms. The summed E-state index contributed by atoms with van der Waals surface area (Å²) in [6, 6.07) is 32.2. The largest absolute Gasteiger partial charge is 0.376 e. The third-order valence-corrected chi connectivity index (χ3v) is 12.2. The van der Waals surface area contributed by atoms with Crippen LogP contribution in [0.1, 0.15) is 33.9 Å². The van der Waals surface area contributed by atoms with Crippen molar-refractivity contribution in [3.05, 3.63) is 160 Å². The lowest BCUT2D eigenvalue weighted by Crippen LogP contribution is -2.48. The molecule has 57 heavy (non-hydrogen) atoms. The number of hydrogen-bond acceptors (Lipinski definition) is 10. The Morgan fingerprint density at radius 1 is 0.842 bits per heavy atom. The number of sulfonamides is 1. The summed E-state index contributed by atoms with van der Waals surface area (Å²) in [6.07, 6.45) is 0.685. The van der Waals surface area contributed by atoms with Gasteiger partial charge in [0.25, 0.3) is 21.6 Å². The number of halogens is 2. The smallest absolute Gasteiger partial charge is 0.293 e. The van der Waals surface area contributed by atoms with Crippen LogP contribution in [-0.4, -0.2) is 87.7 Å². The molecule has 6 rings (SSSR count). The Morgan fingerprint density at radius 3 is 2.00 bits per heavy atom. The number of piperazine rings is 1. The number of nitrogens with zero attached hydrogens (tertiary/aromatic N) is 4. The summed E-state index contributed by atoms with van der Waals surface area (Å²) < 4.78 is 56.3. The molecule has 298 valence electrons. The van der Waals surface area contributed by atoms with Crippen LogP contribution in [0.5, 0.6) is 0 Å². The SMILES string of the molecule is CN(C)CC[C@H](CSc1ccccc1)Nc1ccc(S(=O)(=O)NC(=O)c2ccc(N3CCN(C(c4ccc(F)cc4)c4ccc(F)cc4)CC3)cc2)cc1[N+](=O)[O-]. The Hall–Kier alpha value is -5.35. The quantitative estimate of drug-likeness (QED) is 0.0590. The molecule has 1 fully saturated rings. The van der Waals surface area contributed by atoms with Crippen molar-refractivity contribution < 1.29 is 26.9 Å². The average Bonchev–Trinajstić information content (AvgIpc) is 3.21. The maximum atomic E-state index is 13.8. The van der Waals surface area contributed by atoms with Crippen LogP contribution >= 0.6 is 11.8 Å². The summed E-state index contributed by atoms with van der Waals surface area (Å²) in [6.45, 7) is 3.28. The molecular formula is C42H44F2N6O5S2. The lowest BCUT2D eigenvalue weighted by Gasteiger charge is -2.40. The molecule has 0 saturated carbocycles. The van der Waals surface area contributed by atoms with Crippen molar-refractivity contribution in [1.29, 1.82) is 0 Å². The van der Waals surface area contributed by atoms with Crippen LogP contribution in [0, 0.1) is 21.7 Å². The number of anilines is 2. The van der Waals surface area contributed by atoms with Gasteiger partial charge in [-0.15, -0.1) is 11.8 Å². The van der Waals surface area contributed by atoms with Crippen molar-refractivity contribution in [2.75, 3.05) is 62.8 Å². The first-order chi connectivity index (χ1) is 27.4. The predicted octanol–water partition coefficient (Wildman–Crippen LogP) is 7.43. The van der Waals surface area contributed by atoms with Crippen LogP contribution in [0.3, 0.4) is 0 Å². The zero-order valence-corrected chi connectivity index (χ0v) is 33.2. The van der Waals surface area contributed by atoms with Crippen LogP contribution in [0.25, 0.3) is 0 Å². The highest BCUT2D eigenvalue weighted by Gasteiger charge is 2.28. The van der Waals surface area contributed by atoms with Crippen molar-refractivity contribution in [2.45, 2.75) is 28.3 Å².